The van der Waals surface area contributed by atoms with E-state index in [0.29, 0.717) is 5.38 Å². The Kier molecular flexibility index (Phi) is 4.33. The Bertz CT molecular complexity index is 187. The molecule has 0 aromatic heterocycles. The highest BCUT2D eigenvalue weighted by Crippen LogP contribution is 2.26. The van der Waals surface area contributed by atoms with Crippen LogP contribution in [-0.4, -0.2) is 25.0 Å². The van der Waals surface area contributed by atoms with E-state index < -0.39 is 0 Å². The van der Waals surface area contributed by atoms with Crippen LogP contribution in [0.3, 0.4) is 0 Å². The van der Waals surface area contributed by atoms with E-state index in [4.69, 9.17) is 11.6 Å². The number of halogens is 1. The maximum absolute atomic E-state index is 6.14. The summed E-state index contributed by atoms with van der Waals surface area (Å²) in [6.45, 7) is 6.68. The average molecular weight is 231 g/mol. The van der Waals surface area contributed by atoms with Crippen LogP contribution in [0.2, 0.25) is 0 Å². The summed E-state index contributed by atoms with van der Waals surface area (Å²) in [4.78, 5) is 1.87. The highest BCUT2D eigenvalue weighted by atomic mass is 35.5. The summed E-state index contributed by atoms with van der Waals surface area (Å²) in [5.74, 6) is 1.93. The fourth-order valence-electron chi connectivity index (χ4n) is 3.32. The smallest absolute Gasteiger partial charge is 0.0799 e. The molecule has 1 saturated carbocycles. The normalized spacial score (nSPS) is 42.8. The minimum atomic E-state index is 0.483. The summed E-state index contributed by atoms with van der Waals surface area (Å²) < 4.78 is 0. The number of piperidine rings is 1. The molecule has 2 aliphatic rings. The Morgan fingerprint density at radius 3 is 2.53 bits per heavy atom. The lowest BCUT2D eigenvalue weighted by Crippen LogP contribution is -3.14. The number of likely N-dealkylation sites (tertiary alicyclic amines) is 1. The van der Waals surface area contributed by atoms with E-state index >= 15 is 0 Å². The molecule has 88 valence electrons. The number of quaternary nitrogens is 1. The van der Waals surface area contributed by atoms with Crippen molar-refractivity contribution in [3.8, 4) is 0 Å². The van der Waals surface area contributed by atoms with Crippen LogP contribution >= 0.6 is 11.6 Å². The van der Waals surface area contributed by atoms with Gasteiger partial charge in [-0.15, -0.1) is 11.6 Å². The summed E-state index contributed by atoms with van der Waals surface area (Å²) in [5, 5.41) is 0.483. The van der Waals surface area contributed by atoms with E-state index in [1.165, 1.54) is 58.2 Å². The summed E-state index contributed by atoms with van der Waals surface area (Å²) in [6, 6.07) is 0. The van der Waals surface area contributed by atoms with Crippen molar-refractivity contribution in [2.45, 2.75) is 50.8 Å². The number of hydrogen-bond acceptors (Lipinski definition) is 0. The summed E-state index contributed by atoms with van der Waals surface area (Å²) in [7, 11) is 0. The minimum absolute atomic E-state index is 0.483. The van der Waals surface area contributed by atoms with Gasteiger partial charge in [-0.3, -0.25) is 0 Å². The molecule has 15 heavy (non-hydrogen) atoms. The zero-order chi connectivity index (χ0) is 10.7. The molecule has 2 fully saturated rings. The second-order valence-corrected chi connectivity index (χ2v) is 6.39. The largest absolute Gasteiger partial charge is 0.334 e. The van der Waals surface area contributed by atoms with E-state index in [9.17, 15) is 0 Å². The first-order valence-electron chi connectivity index (χ1n) is 6.71. The number of rotatable bonds is 2. The van der Waals surface area contributed by atoms with Crippen molar-refractivity contribution in [1.82, 2.24) is 0 Å². The lowest BCUT2D eigenvalue weighted by Gasteiger charge is -2.32. The van der Waals surface area contributed by atoms with Gasteiger partial charge in [0.1, 0.15) is 0 Å². The van der Waals surface area contributed by atoms with Crippen LogP contribution in [0.1, 0.15) is 45.4 Å². The van der Waals surface area contributed by atoms with Gasteiger partial charge in [0, 0.05) is 17.2 Å². The quantitative estimate of drug-likeness (QED) is 0.694. The Morgan fingerprint density at radius 1 is 1.13 bits per heavy atom. The van der Waals surface area contributed by atoms with Crippen molar-refractivity contribution < 1.29 is 4.90 Å². The highest BCUT2D eigenvalue weighted by Gasteiger charge is 2.26. The van der Waals surface area contributed by atoms with Crippen LogP contribution in [0, 0.1) is 11.8 Å². The predicted octanol–water partition coefficient (Wildman–Crippen LogP) is 2.10. The lowest BCUT2D eigenvalue weighted by molar-refractivity contribution is -0.912. The fourth-order valence-corrected chi connectivity index (χ4v) is 3.57. The zero-order valence-corrected chi connectivity index (χ0v) is 10.7. The van der Waals surface area contributed by atoms with Gasteiger partial charge < -0.3 is 4.90 Å². The van der Waals surface area contributed by atoms with Crippen molar-refractivity contribution in [2.75, 3.05) is 19.6 Å². The van der Waals surface area contributed by atoms with Gasteiger partial charge in [0.15, 0.2) is 0 Å². The Morgan fingerprint density at radius 2 is 1.87 bits per heavy atom. The average Bonchev–Trinajstić information content (AvgIpc) is 2.22. The van der Waals surface area contributed by atoms with Crippen molar-refractivity contribution in [3.05, 3.63) is 0 Å². The third kappa shape index (κ3) is 3.64. The molecular formula is C13H25ClN+. The number of alkyl halides is 1. The van der Waals surface area contributed by atoms with E-state index in [0.717, 1.165) is 11.8 Å². The van der Waals surface area contributed by atoms with E-state index in [1.54, 1.807) is 0 Å². The van der Waals surface area contributed by atoms with Crippen LogP contribution in [-0.2, 0) is 0 Å². The van der Waals surface area contributed by atoms with Crippen molar-refractivity contribution >= 4 is 11.6 Å². The molecule has 0 aromatic rings. The van der Waals surface area contributed by atoms with Gasteiger partial charge in [0.2, 0.25) is 0 Å². The van der Waals surface area contributed by atoms with Gasteiger partial charge >= 0.3 is 0 Å². The van der Waals surface area contributed by atoms with Gasteiger partial charge in [-0.2, -0.15) is 0 Å². The monoisotopic (exact) mass is 230 g/mol. The van der Waals surface area contributed by atoms with Crippen molar-refractivity contribution in [2.24, 2.45) is 11.8 Å². The van der Waals surface area contributed by atoms with E-state index in [2.05, 4.69) is 6.92 Å². The maximum atomic E-state index is 6.14. The Hall–Kier alpha value is 0.250. The first kappa shape index (κ1) is 11.7. The maximum Gasteiger partial charge on any atom is 0.0799 e. The van der Waals surface area contributed by atoms with E-state index in [1.807, 2.05) is 4.90 Å². The van der Waals surface area contributed by atoms with Crippen LogP contribution in [0.25, 0.3) is 0 Å². The molecule has 1 aliphatic heterocycles. The third-order valence-electron chi connectivity index (χ3n) is 4.22. The topological polar surface area (TPSA) is 4.44 Å². The van der Waals surface area contributed by atoms with Crippen LogP contribution in [0.5, 0.6) is 0 Å². The SMILES string of the molecule is CC1CCC[NH+](CC2CCC(Cl)CC2)C1. The number of nitrogens with one attached hydrogen (secondary N) is 1. The second kappa shape index (κ2) is 5.54. The van der Waals surface area contributed by atoms with Gasteiger partial charge in [0.25, 0.3) is 0 Å². The Balaban J connectivity index is 1.71. The molecule has 2 unspecified atom stereocenters. The highest BCUT2D eigenvalue weighted by molar-refractivity contribution is 6.20. The molecule has 2 rings (SSSR count). The third-order valence-corrected chi connectivity index (χ3v) is 4.65. The van der Waals surface area contributed by atoms with Gasteiger partial charge in [0.05, 0.1) is 19.6 Å². The fraction of sp³-hybridized carbons (Fsp3) is 1.00. The molecule has 1 N–H and O–H groups in total. The second-order valence-electron chi connectivity index (χ2n) is 5.77. The molecule has 0 radical (unpaired) electrons. The Labute approximate surface area is 99.2 Å². The molecular weight excluding hydrogens is 206 g/mol. The molecule has 2 atom stereocenters. The first-order valence-corrected chi connectivity index (χ1v) is 7.15. The van der Waals surface area contributed by atoms with Crippen molar-refractivity contribution in [1.29, 1.82) is 0 Å². The van der Waals surface area contributed by atoms with Crippen LogP contribution in [0.15, 0.2) is 0 Å². The van der Waals surface area contributed by atoms with Gasteiger partial charge in [-0.05, 0) is 38.5 Å². The molecule has 1 aliphatic carbocycles. The van der Waals surface area contributed by atoms with E-state index in [-0.39, 0.29) is 0 Å². The summed E-state index contributed by atoms with van der Waals surface area (Å²) >= 11 is 6.14. The minimum Gasteiger partial charge on any atom is -0.334 e. The van der Waals surface area contributed by atoms with Crippen molar-refractivity contribution in [3.63, 3.8) is 0 Å². The van der Waals surface area contributed by atoms with Gasteiger partial charge in [-0.1, -0.05) is 6.92 Å². The molecule has 2 heteroatoms. The molecule has 1 heterocycles. The molecule has 0 aromatic carbocycles. The van der Waals surface area contributed by atoms with Crippen LogP contribution in [0.4, 0.5) is 0 Å². The molecule has 1 saturated heterocycles. The molecule has 0 spiro atoms. The molecule has 1 nitrogen and oxygen atoms in total. The standard InChI is InChI=1S/C13H24ClN/c1-11-3-2-8-15(9-11)10-12-4-6-13(14)7-5-12/h11-13H,2-10H2,1H3/p+1. The summed E-state index contributed by atoms with van der Waals surface area (Å²) in [5.41, 5.74) is 0. The predicted molar refractivity (Wildman–Crippen MR) is 65.6 cm³/mol. The molecule has 0 bridgehead atoms. The molecule has 0 amide bonds. The zero-order valence-electron chi connectivity index (χ0n) is 9.97. The lowest BCUT2D eigenvalue weighted by atomic mass is 9.87. The first-order chi connectivity index (χ1) is 7.24. The van der Waals surface area contributed by atoms with Crippen LogP contribution < -0.4 is 4.90 Å². The number of hydrogen-bond donors (Lipinski definition) is 1. The van der Waals surface area contributed by atoms with Gasteiger partial charge in [-0.25, -0.2) is 0 Å². The summed E-state index contributed by atoms with van der Waals surface area (Å²) in [6.07, 6.45) is 8.18.